The minimum absolute atomic E-state index is 0.291. The molecule has 1 rings (SSSR count). The van der Waals surface area contributed by atoms with Crippen LogP contribution in [0.1, 0.15) is 46.5 Å². The zero-order chi connectivity index (χ0) is 13.8. The number of urea groups is 1. The van der Waals surface area contributed by atoms with E-state index in [0.717, 1.165) is 18.8 Å². The monoisotopic (exact) mass is 256 g/mol. The van der Waals surface area contributed by atoms with Crippen LogP contribution in [-0.2, 0) is 4.79 Å². The molecule has 5 nitrogen and oxygen atoms in total. The lowest BCUT2D eigenvalue weighted by Crippen LogP contribution is -2.56. The highest BCUT2D eigenvalue weighted by molar-refractivity contribution is 5.85. The van der Waals surface area contributed by atoms with Gasteiger partial charge in [0.05, 0.1) is 0 Å². The molecule has 104 valence electrons. The number of hydrogen-bond acceptors (Lipinski definition) is 2. The summed E-state index contributed by atoms with van der Waals surface area (Å²) in [6.07, 6.45) is 4.78. The summed E-state index contributed by atoms with van der Waals surface area (Å²) in [5, 5.41) is 11.9. The number of hydrogen-bond donors (Lipinski definition) is 2. The maximum absolute atomic E-state index is 11.9. The third kappa shape index (κ3) is 3.89. The second kappa shape index (κ2) is 6.07. The summed E-state index contributed by atoms with van der Waals surface area (Å²) in [7, 11) is 0. The van der Waals surface area contributed by atoms with E-state index in [1.165, 1.54) is 17.7 Å². The van der Waals surface area contributed by atoms with Crippen LogP contribution in [0.25, 0.3) is 0 Å². The van der Waals surface area contributed by atoms with Crippen molar-refractivity contribution in [2.24, 2.45) is 5.92 Å². The SMILES string of the molecule is CCN(C(=O)NCCCC1CC1)C(C)(C)C(=O)O. The highest BCUT2D eigenvalue weighted by atomic mass is 16.4. The fourth-order valence-corrected chi connectivity index (χ4v) is 2.00. The summed E-state index contributed by atoms with van der Waals surface area (Å²) >= 11 is 0. The summed E-state index contributed by atoms with van der Waals surface area (Å²) in [5.41, 5.74) is -1.17. The Hall–Kier alpha value is -1.26. The predicted molar refractivity (Wildman–Crippen MR) is 69.5 cm³/mol. The van der Waals surface area contributed by atoms with E-state index in [9.17, 15) is 9.59 Å². The third-order valence-corrected chi connectivity index (χ3v) is 3.52. The van der Waals surface area contributed by atoms with Crippen molar-refractivity contribution < 1.29 is 14.7 Å². The molecule has 0 atom stereocenters. The van der Waals surface area contributed by atoms with Crippen LogP contribution >= 0.6 is 0 Å². The van der Waals surface area contributed by atoms with E-state index in [0.29, 0.717) is 13.1 Å². The highest BCUT2D eigenvalue weighted by Crippen LogP contribution is 2.33. The van der Waals surface area contributed by atoms with Crippen LogP contribution in [0, 0.1) is 5.92 Å². The molecule has 0 radical (unpaired) electrons. The van der Waals surface area contributed by atoms with Gasteiger partial charge in [-0.1, -0.05) is 12.8 Å². The van der Waals surface area contributed by atoms with Gasteiger partial charge in [-0.15, -0.1) is 0 Å². The van der Waals surface area contributed by atoms with E-state index in [1.54, 1.807) is 20.8 Å². The molecule has 0 bridgehead atoms. The Balaban J connectivity index is 2.37. The molecule has 0 unspecified atom stereocenters. The molecule has 1 saturated carbocycles. The highest BCUT2D eigenvalue weighted by Gasteiger charge is 2.36. The van der Waals surface area contributed by atoms with Crippen LogP contribution in [0.2, 0.25) is 0 Å². The van der Waals surface area contributed by atoms with Crippen LogP contribution in [0.5, 0.6) is 0 Å². The van der Waals surface area contributed by atoms with Crippen molar-refractivity contribution in [3.05, 3.63) is 0 Å². The van der Waals surface area contributed by atoms with Gasteiger partial charge in [0.15, 0.2) is 0 Å². The summed E-state index contributed by atoms with van der Waals surface area (Å²) in [5.74, 6) is -0.128. The van der Waals surface area contributed by atoms with Gasteiger partial charge in [-0.2, -0.15) is 0 Å². The quantitative estimate of drug-likeness (QED) is 0.685. The standard InChI is InChI=1S/C13H24N2O3/c1-4-15(13(2,3)11(16)17)12(18)14-9-5-6-10-7-8-10/h10H,4-9H2,1-3H3,(H,14,18)(H,16,17). The van der Waals surface area contributed by atoms with Gasteiger partial charge in [0.2, 0.25) is 0 Å². The number of rotatable bonds is 7. The number of nitrogens with one attached hydrogen (secondary N) is 1. The lowest BCUT2D eigenvalue weighted by molar-refractivity contribution is -0.147. The van der Waals surface area contributed by atoms with Gasteiger partial charge in [-0.25, -0.2) is 9.59 Å². The molecule has 0 spiro atoms. The molecule has 0 aromatic rings. The van der Waals surface area contributed by atoms with Crippen molar-refractivity contribution in [3.8, 4) is 0 Å². The molecule has 0 aromatic carbocycles. The molecular formula is C13H24N2O3. The lowest BCUT2D eigenvalue weighted by atomic mass is 10.0. The Morgan fingerprint density at radius 2 is 2.00 bits per heavy atom. The van der Waals surface area contributed by atoms with Gasteiger partial charge < -0.3 is 15.3 Å². The third-order valence-electron chi connectivity index (χ3n) is 3.52. The smallest absolute Gasteiger partial charge is 0.329 e. The first-order valence-electron chi connectivity index (χ1n) is 6.68. The van der Waals surface area contributed by atoms with Crippen LogP contribution in [0.4, 0.5) is 4.79 Å². The molecule has 2 N–H and O–H groups in total. The normalized spacial score (nSPS) is 15.3. The molecule has 1 aliphatic carbocycles. The number of carboxylic acid groups (broad SMARTS) is 1. The van der Waals surface area contributed by atoms with Crippen molar-refractivity contribution >= 4 is 12.0 Å². The predicted octanol–water partition coefficient (Wildman–Crippen LogP) is 2.07. The van der Waals surface area contributed by atoms with E-state index in [2.05, 4.69) is 5.32 Å². The Morgan fingerprint density at radius 1 is 1.39 bits per heavy atom. The van der Waals surface area contributed by atoms with Gasteiger partial charge >= 0.3 is 12.0 Å². The number of carboxylic acids is 1. The van der Waals surface area contributed by atoms with Crippen molar-refractivity contribution in [1.82, 2.24) is 10.2 Å². The number of amides is 2. The van der Waals surface area contributed by atoms with Crippen LogP contribution in [0.15, 0.2) is 0 Å². The van der Waals surface area contributed by atoms with Crippen molar-refractivity contribution in [2.45, 2.75) is 52.0 Å². The second-order valence-corrected chi connectivity index (χ2v) is 5.43. The number of carbonyl (C=O) groups is 2. The summed E-state index contributed by atoms with van der Waals surface area (Å²) < 4.78 is 0. The van der Waals surface area contributed by atoms with Crippen molar-refractivity contribution in [1.29, 1.82) is 0 Å². The summed E-state index contributed by atoms with van der Waals surface area (Å²) in [4.78, 5) is 24.4. The molecule has 0 saturated heterocycles. The van der Waals surface area contributed by atoms with Crippen LogP contribution in [0.3, 0.4) is 0 Å². The number of likely N-dealkylation sites (N-methyl/N-ethyl adjacent to an activating group) is 1. The first kappa shape index (κ1) is 14.8. The molecule has 18 heavy (non-hydrogen) atoms. The van der Waals surface area contributed by atoms with Gasteiger partial charge in [-0.3, -0.25) is 0 Å². The zero-order valence-corrected chi connectivity index (χ0v) is 11.5. The molecule has 1 fully saturated rings. The molecule has 2 amide bonds. The first-order chi connectivity index (χ1) is 8.39. The van der Waals surface area contributed by atoms with E-state index in [4.69, 9.17) is 5.11 Å². The minimum Gasteiger partial charge on any atom is -0.480 e. The van der Waals surface area contributed by atoms with E-state index < -0.39 is 11.5 Å². The van der Waals surface area contributed by atoms with Crippen LogP contribution < -0.4 is 5.32 Å². The molecule has 5 heteroatoms. The average Bonchev–Trinajstić information content (AvgIpc) is 3.08. The summed E-state index contributed by atoms with van der Waals surface area (Å²) in [6, 6.07) is -0.291. The van der Waals surface area contributed by atoms with Gasteiger partial charge in [-0.05, 0) is 39.5 Å². The number of nitrogens with zero attached hydrogens (tertiary/aromatic N) is 1. The van der Waals surface area contributed by atoms with E-state index >= 15 is 0 Å². The fourth-order valence-electron chi connectivity index (χ4n) is 2.00. The molecule has 1 aliphatic rings. The van der Waals surface area contributed by atoms with Gasteiger partial charge in [0, 0.05) is 13.1 Å². The van der Waals surface area contributed by atoms with E-state index in [-0.39, 0.29) is 6.03 Å². The Kier molecular flexibility index (Phi) is 4.99. The number of carbonyl (C=O) groups excluding carboxylic acids is 1. The topological polar surface area (TPSA) is 69.6 Å². The van der Waals surface area contributed by atoms with Crippen LogP contribution in [-0.4, -0.2) is 40.6 Å². The lowest BCUT2D eigenvalue weighted by Gasteiger charge is -2.34. The molecule has 0 aromatic heterocycles. The molecule has 0 aliphatic heterocycles. The Bertz CT molecular complexity index is 311. The maximum Gasteiger partial charge on any atom is 0.329 e. The molecular weight excluding hydrogens is 232 g/mol. The van der Waals surface area contributed by atoms with E-state index in [1.807, 2.05) is 0 Å². The Labute approximate surface area is 109 Å². The summed E-state index contributed by atoms with van der Waals surface area (Å²) in [6.45, 7) is 5.88. The van der Waals surface area contributed by atoms with Crippen molar-refractivity contribution in [3.63, 3.8) is 0 Å². The zero-order valence-electron chi connectivity index (χ0n) is 11.5. The van der Waals surface area contributed by atoms with Gasteiger partial charge in [0.25, 0.3) is 0 Å². The van der Waals surface area contributed by atoms with Gasteiger partial charge in [0.1, 0.15) is 5.54 Å². The first-order valence-corrected chi connectivity index (χ1v) is 6.68. The average molecular weight is 256 g/mol. The Morgan fingerprint density at radius 3 is 2.44 bits per heavy atom. The maximum atomic E-state index is 11.9. The van der Waals surface area contributed by atoms with Crippen molar-refractivity contribution in [2.75, 3.05) is 13.1 Å². The number of aliphatic carboxylic acids is 1. The minimum atomic E-state index is -1.17. The largest absolute Gasteiger partial charge is 0.480 e. The second-order valence-electron chi connectivity index (χ2n) is 5.43. The molecule has 0 heterocycles. The fraction of sp³-hybridized carbons (Fsp3) is 0.846.